The summed E-state index contributed by atoms with van der Waals surface area (Å²) < 4.78 is 28.2. The standard InChI is InChI=1S/C27H31N5O4S/c1-19(26(33)30-17-21-12-14-23(15-13-21)25(28)29)31-27(34)24(16-20-8-4-2-5-9-20)32-37(35,36)18-22-10-6-3-7-11-22/h2-15,19,24,32H,16-18H2,1H3,(H3,28,29)(H,30,33)(H,31,34)/t19-,24+/m0/s1. The van der Waals surface area contributed by atoms with Gasteiger partial charge in [0.15, 0.2) is 0 Å². The second-order valence-electron chi connectivity index (χ2n) is 8.66. The van der Waals surface area contributed by atoms with Crippen molar-refractivity contribution in [2.24, 2.45) is 5.73 Å². The molecule has 0 aliphatic carbocycles. The number of nitrogen functional groups attached to an aromatic ring is 1. The second kappa shape index (κ2) is 12.8. The highest BCUT2D eigenvalue weighted by Gasteiger charge is 2.27. The van der Waals surface area contributed by atoms with Crippen molar-refractivity contribution in [2.75, 3.05) is 0 Å². The zero-order valence-corrected chi connectivity index (χ0v) is 21.3. The van der Waals surface area contributed by atoms with Gasteiger partial charge in [-0.1, -0.05) is 84.9 Å². The number of benzene rings is 3. The van der Waals surface area contributed by atoms with Gasteiger partial charge in [0.2, 0.25) is 21.8 Å². The average Bonchev–Trinajstić information content (AvgIpc) is 2.87. The molecule has 0 unspecified atom stereocenters. The number of carbonyl (C=O) groups excluding carboxylic acids is 2. The van der Waals surface area contributed by atoms with Gasteiger partial charge in [0, 0.05) is 12.1 Å². The number of amides is 2. The Morgan fingerprint density at radius 3 is 1.97 bits per heavy atom. The molecule has 0 aliphatic heterocycles. The Kier molecular flexibility index (Phi) is 9.53. The van der Waals surface area contributed by atoms with E-state index in [0.29, 0.717) is 11.1 Å². The molecule has 0 fully saturated rings. The Morgan fingerprint density at radius 2 is 1.41 bits per heavy atom. The molecular weight excluding hydrogens is 490 g/mol. The van der Waals surface area contributed by atoms with Crippen LogP contribution in [-0.2, 0) is 38.3 Å². The van der Waals surface area contributed by atoms with Gasteiger partial charge in [-0.25, -0.2) is 13.1 Å². The van der Waals surface area contributed by atoms with Crippen molar-refractivity contribution in [1.29, 1.82) is 5.41 Å². The van der Waals surface area contributed by atoms with Crippen LogP contribution in [0.5, 0.6) is 0 Å². The largest absolute Gasteiger partial charge is 0.384 e. The van der Waals surface area contributed by atoms with E-state index in [0.717, 1.165) is 11.1 Å². The van der Waals surface area contributed by atoms with E-state index in [1.54, 1.807) is 66.7 Å². The first-order chi connectivity index (χ1) is 17.6. The fourth-order valence-electron chi connectivity index (χ4n) is 3.61. The summed E-state index contributed by atoms with van der Waals surface area (Å²) in [4.78, 5) is 25.7. The van der Waals surface area contributed by atoms with Crippen LogP contribution in [0.3, 0.4) is 0 Å². The van der Waals surface area contributed by atoms with Gasteiger partial charge >= 0.3 is 0 Å². The summed E-state index contributed by atoms with van der Waals surface area (Å²) in [6.45, 7) is 1.75. The van der Waals surface area contributed by atoms with Crippen LogP contribution < -0.4 is 21.1 Å². The lowest BCUT2D eigenvalue weighted by Gasteiger charge is -2.21. The minimum absolute atomic E-state index is 0.0450. The van der Waals surface area contributed by atoms with Crippen LogP contribution in [0.15, 0.2) is 84.9 Å². The smallest absolute Gasteiger partial charge is 0.242 e. The lowest BCUT2D eigenvalue weighted by atomic mass is 10.1. The zero-order chi connectivity index (χ0) is 26.8. The second-order valence-corrected chi connectivity index (χ2v) is 10.4. The molecule has 10 heteroatoms. The molecule has 0 heterocycles. The number of nitrogens with one attached hydrogen (secondary N) is 4. The van der Waals surface area contributed by atoms with E-state index in [1.165, 1.54) is 6.92 Å². The van der Waals surface area contributed by atoms with Crippen LogP contribution >= 0.6 is 0 Å². The summed E-state index contributed by atoms with van der Waals surface area (Å²) >= 11 is 0. The van der Waals surface area contributed by atoms with Crippen molar-refractivity contribution in [2.45, 2.75) is 37.7 Å². The maximum Gasteiger partial charge on any atom is 0.242 e. The third-order valence-corrected chi connectivity index (χ3v) is 6.96. The molecule has 3 rings (SSSR count). The number of hydrogen-bond acceptors (Lipinski definition) is 5. The first-order valence-corrected chi connectivity index (χ1v) is 13.4. The molecule has 0 saturated heterocycles. The molecule has 2 amide bonds. The lowest BCUT2D eigenvalue weighted by molar-refractivity contribution is -0.129. The van der Waals surface area contributed by atoms with E-state index >= 15 is 0 Å². The summed E-state index contributed by atoms with van der Waals surface area (Å²) in [7, 11) is -3.85. The van der Waals surface area contributed by atoms with Crippen LogP contribution in [0.4, 0.5) is 0 Å². The number of nitrogens with two attached hydrogens (primary N) is 1. The van der Waals surface area contributed by atoms with Gasteiger partial charge in [-0.15, -0.1) is 0 Å². The van der Waals surface area contributed by atoms with Crippen LogP contribution in [0.1, 0.15) is 29.2 Å². The number of rotatable bonds is 12. The monoisotopic (exact) mass is 521 g/mol. The number of amidine groups is 1. The van der Waals surface area contributed by atoms with Crippen molar-refractivity contribution in [1.82, 2.24) is 15.4 Å². The van der Waals surface area contributed by atoms with E-state index in [9.17, 15) is 18.0 Å². The summed E-state index contributed by atoms with van der Waals surface area (Å²) in [6, 6.07) is 22.6. The highest BCUT2D eigenvalue weighted by molar-refractivity contribution is 7.88. The number of sulfonamides is 1. The minimum atomic E-state index is -3.85. The zero-order valence-electron chi connectivity index (χ0n) is 20.5. The van der Waals surface area contributed by atoms with E-state index < -0.39 is 33.9 Å². The molecule has 0 bridgehead atoms. The molecule has 2 atom stereocenters. The summed E-state index contributed by atoms with van der Waals surface area (Å²) in [5.74, 6) is -1.34. The summed E-state index contributed by atoms with van der Waals surface area (Å²) in [5, 5.41) is 12.8. The SMILES string of the molecule is C[C@H](NC(=O)[C@@H](Cc1ccccc1)NS(=O)(=O)Cc1ccccc1)C(=O)NCc1ccc(C(=N)N)cc1. The van der Waals surface area contributed by atoms with Gasteiger partial charge in [-0.2, -0.15) is 0 Å². The average molecular weight is 522 g/mol. The van der Waals surface area contributed by atoms with E-state index in [4.69, 9.17) is 11.1 Å². The fraction of sp³-hybridized carbons (Fsp3) is 0.222. The molecule has 3 aromatic rings. The van der Waals surface area contributed by atoms with Crippen LogP contribution in [0.25, 0.3) is 0 Å². The maximum absolute atomic E-state index is 13.1. The molecule has 0 radical (unpaired) electrons. The quantitative estimate of drug-likeness (QED) is 0.182. The minimum Gasteiger partial charge on any atom is -0.384 e. The first-order valence-electron chi connectivity index (χ1n) is 11.7. The highest BCUT2D eigenvalue weighted by Crippen LogP contribution is 2.09. The molecule has 3 aromatic carbocycles. The van der Waals surface area contributed by atoms with Gasteiger partial charge < -0.3 is 16.4 Å². The van der Waals surface area contributed by atoms with Gasteiger partial charge in [0.25, 0.3) is 0 Å². The molecule has 0 aliphatic rings. The maximum atomic E-state index is 13.1. The third kappa shape index (κ3) is 8.85. The van der Waals surface area contributed by atoms with Crippen molar-refractivity contribution in [3.8, 4) is 0 Å². The lowest BCUT2D eigenvalue weighted by Crippen LogP contribution is -2.53. The van der Waals surface area contributed by atoms with E-state index in [-0.39, 0.29) is 24.6 Å². The Balaban J connectivity index is 1.64. The van der Waals surface area contributed by atoms with Crippen molar-refractivity contribution < 1.29 is 18.0 Å². The highest BCUT2D eigenvalue weighted by atomic mass is 32.2. The van der Waals surface area contributed by atoms with Crippen molar-refractivity contribution in [3.05, 3.63) is 107 Å². The topological polar surface area (TPSA) is 154 Å². The molecule has 0 aromatic heterocycles. The van der Waals surface area contributed by atoms with Crippen LogP contribution in [0.2, 0.25) is 0 Å². The van der Waals surface area contributed by atoms with Gasteiger partial charge in [0.05, 0.1) is 5.75 Å². The summed E-state index contributed by atoms with van der Waals surface area (Å²) in [6.07, 6.45) is 0.123. The van der Waals surface area contributed by atoms with Crippen LogP contribution in [-0.4, -0.2) is 38.2 Å². The fourth-order valence-corrected chi connectivity index (χ4v) is 4.95. The Labute approximate surface area is 217 Å². The van der Waals surface area contributed by atoms with Crippen LogP contribution in [0, 0.1) is 5.41 Å². The molecule has 6 N–H and O–H groups in total. The number of hydrogen-bond donors (Lipinski definition) is 5. The third-order valence-electron chi connectivity index (χ3n) is 5.60. The molecular formula is C27H31N5O4S. The van der Waals surface area contributed by atoms with Gasteiger partial charge in [-0.05, 0) is 30.0 Å². The predicted octanol–water partition coefficient (Wildman–Crippen LogP) is 1.82. The van der Waals surface area contributed by atoms with Crippen molar-refractivity contribution >= 4 is 27.7 Å². The van der Waals surface area contributed by atoms with Gasteiger partial charge in [0.1, 0.15) is 17.9 Å². The molecule has 0 spiro atoms. The summed E-state index contributed by atoms with van der Waals surface area (Å²) in [5.41, 5.74) is 8.20. The van der Waals surface area contributed by atoms with Gasteiger partial charge in [-0.3, -0.25) is 15.0 Å². The normalized spacial score (nSPS) is 12.8. The predicted molar refractivity (Wildman–Crippen MR) is 143 cm³/mol. The molecule has 194 valence electrons. The van der Waals surface area contributed by atoms with E-state index in [1.807, 2.05) is 18.2 Å². The van der Waals surface area contributed by atoms with E-state index in [2.05, 4.69) is 15.4 Å². The number of carbonyl (C=O) groups is 2. The Morgan fingerprint density at radius 1 is 0.838 bits per heavy atom. The Bertz CT molecular complexity index is 1310. The molecule has 0 saturated carbocycles. The van der Waals surface area contributed by atoms with Crippen molar-refractivity contribution in [3.63, 3.8) is 0 Å². The molecule has 9 nitrogen and oxygen atoms in total. The Hall–Kier alpha value is -4.02. The first kappa shape index (κ1) is 27.6. The molecule has 37 heavy (non-hydrogen) atoms.